The van der Waals surface area contributed by atoms with E-state index in [0.29, 0.717) is 45.2 Å². The summed E-state index contributed by atoms with van der Waals surface area (Å²) in [6.45, 7) is 6.05. The van der Waals surface area contributed by atoms with Gasteiger partial charge >= 0.3 is 6.09 Å². The Morgan fingerprint density at radius 3 is 2.28 bits per heavy atom. The molecule has 0 saturated heterocycles. The first-order valence-electron chi connectivity index (χ1n) is 11.6. The van der Waals surface area contributed by atoms with Gasteiger partial charge in [-0.25, -0.2) is 13.2 Å². The minimum absolute atomic E-state index is 0.0546. The van der Waals surface area contributed by atoms with Crippen LogP contribution in [0.2, 0.25) is 0 Å². The Hall–Kier alpha value is -1.88. The van der Waals surface area contributed by atoms with Gasteiger partial charge in [-0.15, -0.1) is 0 Å². The third-order valence-corrected chi connectivity index (χ3v) is 7.59. The lowest BCUT2D eigenvalue weighted by Gasteiger charge is -2.29. The molecule has 0 aromatic rings. The van der Waals surface area contributed by atoms with Crippen LogP contribution in [-0.2, 0) is 24.2 Å². The second-order valence-electron chi connectivity index (χ2n) is 8.25. The fraction of sp³-hybridized carbons (Fsp3) is 0.857. The fourth-order valence-corrected chi connectivity index (χ4v) is 5.72. The third kappa shape index (κ3) is 10.2. The number of ether oxygens (including phenoxy) is 1. The third-order valence-electron chi connectivity index (χ3n) is 5.30. The molecule has 1 aliphatic rings. The normalized spacial score (nSPS) is 14.7. The molecule has 0 heterocycles. The Balaban J connectivity index is 2.96. The first-order valence-corrected chi connectivity index (χ1v) is 13.3. The highest BCUT2D eigenvalue weighted by atomic mass is 32.2. The minimum atomic E-state index is -3.63. The molecule has 1 saturated carbocycles. The van der Waals surface area contributed by atoms with Gasteiger partial charge in [-0.3, -0.25) is 9.59 Å². The van der Waals surface area contributed by atoms with E-state index in [1.165, 1.54) is 6.92 Å². The van der Waals surface area contributed by atoms with E-state index in [-0.39, 0.29) is 25.1 Å². The van der Waals surface area contributed by atoms with Crippen molar-refractivity contribution in [1.29, 1.82) is 0 Å². The molecule has 0 aromatic carbocycles. The van der Waals surface area contributed by atoms with Crippen LogP contribution in [0.3, 0.4) is 0 Å². The maximum absolute atomic E-state index is 13.3. The number of nitrogens with one attached hydrogen (secondary N) is 2. The van der Waals surface area contributed by atoms with Gasteiger partial charge in [0.25, 0.3) is 0 Å². The van der Waals surface area contributed by atoms with Crippen LogP contribution in [0.4, 0.5) is 4.79 Å². The number of hydrogen-bond donors (Lipinski definition) is 3. The molecule has 32 heavy (non-hydrogen) atoms. The standard InChI is InChI=1S/C21H40N4O6S/c1-4-7-18(8-5-2)32(29,30)15-19(24-21(28)31-14-12-23-16(3)26)20(27)25(13-6-11-22)17-9-10-17/h17-19H,4-15,22H2,1-3H3,(H,23,26)(H,24,28)/t19-/m1/s1. The van der Waals surface area contributed by atoms with Gasteiger partial charge in [-0.2, -0.15) is 0 Å². The number of hydrogen-bond acceptors (Lipinski definition) is 7. The number of carbonyl (C=O) groups excluding carboxylic acids is 3. The average Bonchev–Trinajstić information content (AvgIpc) is 3.55. The lowest BCUT2D eigenvalue weighted by atomic mass is 10.2. The summed E-state index contributed by atoms with van der Waals surface area (Å²) in [4.78, 5) is 38.2. The SMILES string of the molecule is CCCC(CCC)S(=O)(=O)C[C@@H](NC(=O)OCCNC(C)=O)C(=O)N(CCCN)C1CC1. The van der Waals surface area contributed by atoms with Crippen molar-refractivity contribution in [3.8, 4) is 0 Å². The predicted octanol–water partition coefficient (Wildman–Crippen LogP) is 0.941. The quantitative estimate of drug-likeness (QED) is 0.281. The van der Waals surface area contributed by atoms with Crippen LogP contribution in [0.15, 0.2) is 0 Å². The number of nitrogens with zero attached hydrogens (tertiary/aromatic N) is 1. The molecule has 1 aliphatic carbocycles. The molecule has 1 atom stereocenters. The highest BCUT2D eigenvalue weighted by Gasteiger charge is 2.39. The molecule has 0 aliphatic heterocycles. The monoisotopic (exact) mass is 476 g/mol. The first-order chi connectivity index (χ1) is 15.2. The second kappa shape index (κ2) is 14.3. The zero-order valence-corrected chi connectivity index (χ0v) is 20.4. The topological polar surface area (TPSA) is 148 Å². The van der Waals surface area contributed by atoms with E-state index in [1.807, 2.05) is 13.8 Å². The maximum Gasteiger partial charge on any atom is 0.407 e. The van der Waals surface area contributed by atoms with Crippen molar-refractivity contribution < 1.29 is 27.5 Å². The molecule has 4 N–H and O–H groups in total. The Bertz CT molecular complexity index is 705. The number of sulfone groups is 1. The Labute approximate surface area is 191 Å². The Kier molecular flexibility index (Phi) is 12.6. The molecule has 10 nitrogen and oxygen atoms in total. The van der Waals surface area contributed by atoms with Crippen LogP contribution in [-0.4, -0.2) is 80.6 Å². The number of alkyl carbamates (subject to hydrolysis) is 1. The summed E-state index contributed by atoms with van der Waals surface area (Å²) in [7, 11) is -3.63. The van der Waals surface area contributed by atoms with Crippen LogP contribution in [0.1, 0.15) is 65.7 Å². The van der Waals surface area contributed by atoms with Crippen molar-refractivity contribution in [3.05, 3.63) is 0 Å². The Morgan fingerprint density at radius 1 is 1.16 bits per heavy atom. The maximum atomic E-state index is 13.3. The van der Waals surface area contributed by atoms with Crippen LogP contribution >= 0.6 is 0 Å². The summed E-state index contributed by atoms with van der Waals surface area (Å²) in [6.07, 6.45) is 3.86. The largest absolute Gasteiger partial charge is 0.448 e. The van der Waals surface area contributed by atoms with Gasteiger partial charge in [-0.1, -0.05) is 26.7 Å². The molecule has 1 rings (SSSR count). The summed E-state index contributed by atoms with van der Waals surface area (Å²) in [5.74, 6) is -1.15. The molecule has 0 bridgehead atoms. The summed E-state index contributed by atoms with van der Waals surface area (Å²) in [5.41, 5.74) is 5.60. The average molecular weight is 477 g/mol. The van der Waals surface area contributed by atoms with Gasteiger partial charge in [0, 0.05) is 19.5 Å². The van der Waals surface area contributed by atoms with Crippen molar-refractivity contribution in [3.63, 3.8) is 0 Å². The van der Waals surface area contributed by atoms with Crippen LogP contribution in [0.25, 0.3) is 0 Å². The summed E-state index contributed by atoms with van der Waals surface area (Å²) >= 11 is 0. The van der Waals surface area contributed by atoms with Gasteiger partial charge in [0.1, 0.15) is 12.6 Å². The molecular weight excluding hydrogens is 436 g/mol. The lowest BCUT2D eigenvalue weighted by molar-refractivity contribution is -0.133. The van der Waals surface area contributed by atoms with Gasteiger partial charge < -0.3 is 26.0 Å². The molecule has 3 amide bonds. The van der Waals surface area contributed by atoms with E-state index in [4.69, 9.17) is 10.5 Å². The van der Waals surface area contributed by atoms with Crippen molar-refractivity contribution in [2.24, 2.45) is 5.73 Å². The molecule has 11 heteroatoms. The van der Waals surface area contributed by atoms with Gasteiger partial charge in [0.05, 0.1) is 17.5 Å². The number of amides is 3. The number of carbonyl (C=O) groups is 3. The smallest absolute Gasteiger partial charge is 0.407 e. The summed E-state index contributed by atoms with van der Waals surface area (Å²) in [5, 5.41) is 4.41. The van der Waals surface area contributed by atoms with Crippen LogP contribution in [0.5, 0.6) is 0 Å². The van der Waals surface area contributed by atoms with Gasteiger partial charge in [-0.05, 0) is 38.6 Å². The molecule has 0 spiro atoms. The lowest BCUT2D eigenvalue weighted by Crippen LogP contribution is -2.53. The van der Waals surface area contributed by atoms with E-state index in [9.17, 15) is 22.8 Å². The molecule has 186 valence electrons. The van der Waals surface area contributed by atoms with Crippen molar-refractivity contribution >= 4 is 27.7 Å². The molecular formula is C21H40N4O6S. The Morgan fingerprint density at radius 2 is 1.78 bits per heavy atom. The van der Waals surface area contributed by atoms with E-state index >= 15 is 0 Å². The van der Waals surface area contributed by atoms with Gasteiger partial charge in [0.2, 0.25) is 11.8 Å². The summed E-state index contributed by atoms with van der Waals surface area (Å²) < 4.78 is 31.3. The number of nitrogens with two attached hydrogens (primary N) is 1. The van der Waals surface area contributed by atoms with Crippen molar-refractivity contribution in [1.82, 2.24) is 15.5 Å². The fourth-order valence-electron chi connectivity index (χ4n) is 3.57. The van der Waals surface area contributed by atoms with E-state index in [0.717, 1.165) is 12.8 Å². The second-order valence-corrected chi connectivity index (χ2v) is 10.6. The molecule has 0 unspecified atom stereocenters. The first kappa shape index (κ1) is 28.2. The van der Waals surface area contributed by atoms with Crippen molar-refractivity contribution in [2.75, 3.05) is 32.0 Å². The van der Waals surface area contributed by atoms with Crippen LogP contribution in [0, 0.1) is 0 Å². The summed E-state index contributed by atoms with van der Waals surface area (Å²) in [6, 6.07) is -1.18. The predicted molar refractivity (Wildman–Crippen MR) is 123 cm³/mol. The van der Waals surface area contributed by atoms with E-state index in [2.05, 4.69) is 10.6 Å². The zero-order chi connectivity index (χ0) is 24.1. The molecule has 0 radical (unpaired) electrons. The molecule has 0 aromatic heterocycles. The van der Waals surface area contributed by atoms with Gasteiger partial charge in [0.15, 0.2) is 9.84 Å². The minimum Gasteiger partial charge on any atom is -0.448 e. The highest BCUT2D eigenvalue weighted by molar-refractivity contribution is 7.92. The molecule has 1 fully saturated rings. The van der Waals surface area contributed by atoms with Crippen molar-refractivity contribution in [2.45, 2.75) is 83.1 Å². The number of rotatable bonds is 16. The highest BCUT2D eigenvalue weighted by Crippen LogP contribution is 2.28. The van der Waals surface area contributed by atoms with E-state index < -0.39 is 38.9 Å². The zero-order valence-electron chi connectivity index (χ0n) is 19.6. The van der Waals surface area contributed by atoms with E-state index in [1.54, 1.807) is 4.90 Å². The van der Waals surface area contributed by atoms with Crippen LogP contribution < -0.4 is 16.4 Å².